The molecule has 0 amide bonds. The number of hydrogen-bond donors (Lipinski definition) is 4. The normalized spacial score (nSPS) is 23.9. The van der Waals surface area contributed by atoms with E-state index in [1.807, 2.05) is 0 Å². The van der Waals surface area contributed by atoms with E-state index in [0.717, 1.165) is 16.3 Å². The quantitative estimate of drug-likeness (QED) is 0.253. The maximum absolute atomic E-state index is 13.6. The summed E-state index contributed by atoms with van der Waals surface area (Å²) in [6.07, 6.45) is -1.66. The number of aromatic nitrogens is 2. The number of ether oxygens (including phenoxy) is 1. The maximum Gasteiger partial charge on any atom is 0.459 e. The number of nitrogen functional groups attached to an aromatic ring is 1. The molecule has 0 bridgehead atoms. The number of rotatable bonds is 10. The van der Waals surface area contributed by atoms with Gasteiger partial charge in [-0.15, -0.1) is 11.8 Å². The van der Waals surface area contributed by atoms with Crippen LogP contribution in [0.1, 0.15) is 33.6 Å². The molecular formula is C22H33N4O8PS. The number of hydrogen-bond acceptors (Lipinski definition) is 11. The largest absolute Gasteiger partial charge is 0.462 e. The van der Waals surface area contributed by atoms with Crippen LogP contribution in [-0.2, 0) is 18.6 Å². The lowest BCUT2D eigenvalue weighted by Crippen LogP contribution is -2.38. The number of nitrogens with one attached hydrogen (secondary N) is 1. The Labute approximate surface area is 213 Å². The number of nitrogens with zero attached hydrogens (tertiary/aromatic N) is 2. The number of nitrogens with two attached hydrogens (primary N) is 1. The first kappa shape index (κ1) is 29.8. The number of benzene rings is 1. The van der Waals surface area contributed by atoms with E-state index in [9.17, 15) is 24.4 Å². The van der Waals surface area contributed by atoms with Crippen LogP contribution in [0.25, 0.3) is 0 Å². The molecule has 1 aromatic heterocycles. The molecule has 0 saturated carbocycles. The summed E-state index contributed by atoms with van der Waals surface area (Å²) < 4.78 is 31.0. The Morgan fingerprint density at radius 2 is 1.89 bits per heavy atom. The molecule has 14 heteroatoms. The van der Waals surface area contributed by atoms with Crippen molar-refractivity contribution in [3.63, 3.8) is 0 Å². The molecule has 1 aromatic carbocycles. The summed E-state index contributed by atoms with van der Waals surface area (Å²) >= 11 is 1.04. The topological polar surface area (TPSA) is 175 Å². The lowest BCUT2D eigenvalue weighted by atomic mass is 10.1. The standard InChI is InChI=1S/C21H29N4O8PS.CH4/c1-12(2)32-20(28)13(3)24-34(30,33-14-7-5-4-6-8-14)31-11-15-17(26)18(27)19(35-15)25-10-9-16(22)23-21(25)29;/h4-10,12-13,15,17-19,26-27H,11H2,1-3H3,(H,24,30)(H2,22,23,29);1H4/t13-,15+,17+,18-,19+,34?;/m0./s1. The van der Waals surface area contributed by atoms with Gasteiger partial charge in [-0.3, -0.25) is 13.9 Å². The van der Waals surface area contributed by atoms with Crippen molar-refractivity contribution in [1.82, 2.24) is 14.6 Å². The molecule has 2 aromatic rings. The van der Waals surface area contributed by atoms with Gasteiger partial charge in [-0.2, -0.15) is 10.1 Å². The van der Waals surface area contributed by atoms with Gasteiger partial charge >= 0.3 is 19.4 Å². The van der Waals surface area contributed by atoms with Crippen LogP contribution in [0.3, 0.4) is 0 Å². The van der Waals surface area contributed by atoms with Gasteiger partial charge in [0.1, 0.15) is 29.1 Å². The van der Waals surface area contributed by atoms with Gasteiger partial charge in [-0.25, -0.2) is 9.36 Å². The minimum absolute atomic E-state index is 0. The van der Waals surface area contributed by atoms with Gasteiger partial charge in [0, 0.05) is 6.20 Å². The number of carbonyl (C=O) groups is 1. The van der Waals surface area contributed by atoms with E-state index in [2.05, 4.69) is 10.1 Å². The van der Waals surface area contributed by atoms with Crippen molar-refractivity contribution in [2.75, 3.05) is 12.3 Å². The van der Waals surface area contributed by atoms with E-state index in [1.54, 1.807) is 44.2 Å². The van der Waals surface area contributed by atoms with Crippen molar-refractivity contribution in [3.8, 4) is 5.75 Å². The van der Waals surface area contributed by atoms with Crippen molar-refractivity contribution in [3.05, 3.63) is 53.1 Å². The van der Waals surface area contributed by atoms with Crippen LogP contribution in [0.5, 0.6) is 5.75 Å². The molecule has 5 N–H and O–H groups in total. The number of thioether (sulfide) groups is 1. The molecule has 36 heavy (non-hydrogen) atoms. The highest BCUT2D eigenvalue weighted by atomic mass is 32.2. The van der Waals surface area contributed by atoms with Gasteiger partial charge in [0.25, 0.3) is 0 Å². The lowest BCUT2D eigenvalue weighted by molar-refractivity contribution is -0.149. The van der Waals surface area contributed by atoms with Gasteiger partial charge in [0.05, 0.1) is 24.1 Å². The number of para-hydroxylation sites is 1. The summed E-state index contributed by atoms with van der Waals surface area (Å²) in [5.74, 6) is -0.398. The highest BCUT2D eigenvalue weighted by Gasteiger charge is 2.45. The third-order valence-electron chi connectivity index (χ3n) is 4.90. The fraction of sp³-hybridized carbons (Fsp3) is 0.500. The van der Waals surface area contributed by atoms with E-state index in [0.29, 0.717) is 0 Å². The summed E-state index contributed by atoms with van der Waals surface area (Å²) in [4.78, 5) is 28.1. The van der Waals surface area contributed by atoms with Crippen LogP contribution in [0.15, 0.2) is 47.4 Å². The average Bonchev–Trinajstić information content (AvgIpc) is 3.06. The van der Waals surface area contributed by atoms with E-state index in [1.165, 1.54) is 19.2 Å². The van der Waals surface area contributed by atoms with Crippen molar-refractivity contribution in [2.24, 2.45) is 0 Å². The molecule has 12 nitrogen and oxygen atoms in total. The molecular weight excluding hydrogens is 511 g/mol. The molecule has 6 atom stereocenters. The van der Waals surface area contributed by atoms with E-state index >= 15 is 0 Å². The number of carbonyl (C=O) groups excluding carboxylic acids is 1. The Bertz CT molecular complexity index is 1120. The fourth-order valence-electron chi connectivity index (χ4n) is 3.22. The summed E-state index contributed by atoms with van der Waals surface area (Å²) in [7, 11) is -4.16. The van der Waals surface area contributed by atoms with Crippen LogP contribution in [-0.4, -0.2) is 61.9 Å². The van der Waals surface area contributed by atoms with Gasteiger partial charge in [-0.05, 0) is 39.0 Å². The van der Waals surface area contributed by atoms with Crippen LogP contribution in [0, 0.1) is 0 Å². The zero-order valence-electron chi connectivity index (χ0n) is 19.4. The van der Waals surface area contributed by atoms with Gasteiger partial charge in [0.15, 0.2) is 0 Å². The Balaban J connectivity index is 0.00000456. The van der Waals surface area contributed by atoms with Crippen molar-refractivity contribution in [2.45, 2.75) is 63.2 Å². The Morgan fingerprint density at radius 3 is 2.50 bits per heavy atom. The SMILES string of the molecule is C.CC(C)OC(=O)[C@H](C)NP(=O)(OC[C@H]1S[C@@H](n2ccc(N)nc2=O)[C@@H](O)[C@@H]1O)Oc1ccccc1. The van der Waals surface area contributed by atoms with E-state index in [-0.39, 0.29) is 31.7 Å². The second kappa shape index (κ2) is 12.7. The first-order valence-electron chi connectivity index (χ1n) is 10.8. The minimum Gasteiger partial charge on any atom is -0.462 e. The van der Waals surface area contributed by atoms with Gasteiger partial charge < -0.3 is 25.2 Å². The highest BCUT2D eigenvalue weighted by molar-refractivity contribution is 8.00. The fourth-order valence-corrected chi connectivity index (χ4v) is 6.28. The molecule has 1 saturated heterocycles. The Hall–Kier alpha value is -2.41. The lowest BCUT2D eigenvalue weighted by Gasteiger charge is -2.25. The van der Waals surface area contributed by atoms with Gasteiger partial charge in [-0.1, -0.05) is 25.6 Å². The minimum atomic E-state index is -4.16. The monoisotopic (exact) mass is 544 g/mol. The molecule has 0 aliphatic carbocycles. The third-order valence-corrected chi connectivity index (χ3v) is 8.09. The second-order valence-electron chi connectivity index (χ2n) is 8.12. The number of anilines is 1. The molecule has 2 heterocycles. The molecule has 0 radical (unpaired) electrons. The summed E-state index contributed by atoms with van der Waals surface area (Å²) in [5.41, 5.74) is 4.83. The molecule has 1 unspecified atom stereocenters. The van der Waals surface area contributed by atoms with Crippen LogP contribution < -0.4 is 21.0 Å². The summed E-state index contributed by atoms with van der Waals surface area (Å²) in [6.45, 7) is 4.49. The number of aliphatic hydroxyl groups excluding tert-OH is 2. The third kappa shape index (κ3) is 7.55. The zero-order chi connectivity index (χ0) is 25.8. The summed E-state index contributed by atoms with van der Waals surface area (Å²) in [6, 6.07) is 8.58. The first-order chi connectivity index (χ1) is 16.5. The predicted octanol–water partition coefficient (Wildman–Crippen LogP) is 1.93. The second-order valence-corrected chi connectivity index (χ2v) is 11.2. The zero-order valence-corrected chi connectivity index (χ0v) is 21.1. The Kier molecular flexibility index (Phi) is 10.5. The molecule has 200 valence electrons. The van der Waals surface area contributed by atoms with E-state index in [4.69, 9.17) is 19.5 Å². The van der Waals surface area contributed by atoms with Crippen molar-refractivity contribution < 1.29 is 33.4 Å². The number of esters is 1. The molecule has 1 aliphatic heterocycles. The maximum atomic E-state index is 13.6. The summed E-state index contributed by atoms with van der Waals surface area (Å²) in [5, 5.41) is 22.0. The molecule has 0 spiro atoms. The van der Waals surface area contributed by atoms with Crippen LogP contribution >= 0.6 is 19.5 Å². The van der Waals surface area contributed by atoms with Crippen molar-refractivity contribution in [1.29, 1.82) is 0 Å². The predicted molar refractivity (Wildman–Crippen MR) is 137 cm³/mol. The highest BCUT2D eigenvalue weighted by Crippen LogP contribution is 2.48. The molecule has 1 fully saturated rings. The molecule has 3 rings (SSSR count). The van der Waals surface area contributed by atoms with Crippen molar-refractivity contribution >= 4 is 31.3 Å². The van der Waals surface area contributed by atoms with E-state index < -0.39 is 48.3 Å². The first-order valence-corrected chi connectivity index (χ1v) is 13.3. The Morgan fingerprint density at radius 1 is 1.22 bits per heavy atom. The van der Waals surface area contributed by atoms with Gasteiger partial charge in [0.2, 0.25) is 0 Å². The molecule has 1 aliphatic rings. The average molecular weight is 545 g/mol. The number of aliphatic hydroxyl groups is 2. The van der Waals surface area contributed by atoms with Crippen LogP contribution in [0.4, 0.5) is 5.82 Å². The van der Waals surface area contributed by atoms with Crippen LogP contribution in [0.2, 0.25) is 0 Å². The smallest absolute Gasteiger partial charge is 0.459 e.